The van der Waals surface area contributed by atoms with Crippen molar-refractivity contribution < 1.29 is 19.0 Å². The molecular weight excluding hydrogens is 534 g/mol. The lowest BCUT2D eigenvalue weighted by Gasteiger charge is -2.35. The van der Waals surface area contributed by atoms with Crippen molar-refractivity contribution in [3.63, 3.8) is 0 Å². The van der Waals surface area contributed by atoms with Gasteiger partial charge in [-0.05, 0) is 29.8 Å². The number of hydrogen-bond acceptors (Lipinski definition) is 7. The molecule has 1 fully saturated rings. The molecule has 0 radical (unpaired) electrons. The summed E-state index contributed by atoms with van der Waals surface area (Å²) >= 11 is 5.94. The Bertz CT molecular complexity index is 1530. The Morgan fingerprint density at radius 1 is 1.00 bits per heavy atom. The highest BCUT2D eigenvalue weighted by Gasteiger charge is 2.28. The molecule has 4 aromatic rings. The minimum absolute atomic E-state index is 0.0239. The quantitative estimate of drug-likeness (QED) is 0.227. The van der Waals surface area contributed by atoms with Gasteiger partial charge in [0, 0.05) is 68.2 Å². The average molecular weight is 560 g/mol. The Morgan fingerprint density at radius 2 is 1.70 bits per heavy atom. The summed E-state index contributed by atoms with van der Waals surface area (Å²) < 4.78 is 5.32. The number of carbonyl (C=O) groups excluding carboxylic acids is 2. The Hall–Kier alpha value is -4.70. The van der Waals surface area contributed by atoms with Crippen LogP contribution >= 0.6 is 11.6 Å². The van der Waals surface area contributed by atoms with Gasteiger partial charge in [-0.2, -0.15) is 0 Å². The topological polar surface area (TPSA) is 113 Å². The van der Waals surface area contributed by atoms with Gasteiger partial charge in [0.05, 0.1) is 4.92 Å². The fourth-order valence-corrected chi connectivity index (χ4v) is 4.77. The summed E-state index contributed by atoms with van der Waals surface area (Å²) in [6.07, 6.45) is 0. The van der Waals surface area contributed by atoms with Gasteiger partial charge in [0.25, 0.3) is 17.5 Å². The molecule has 5 rings (SSSR count). The Balaban J connectivity index is 1.26. The molecule has 1 aromatic heterocycles. The van der Waals surface area contributed by atoms with Crippen molar-refractivity contribution in [1.82, 2.24) is 15.0 Å². The van der Waals surface area contributed by atoms with Crippen molar-refractivity contribution in [2.24, 2.45) is 0 Å². The summed E-state index contributed by atoms with van der Waals surface area (Å²) in [6, 6.07) is 22.7. The molecule has 0 unspecified atom stereocenters. The summed E-state index contributed by atoms with van der Waals surface area (Å²) in [7, 11) is 1.62. The van der Waals surface area contributed by atoms with Gasteiger partial charge in [-0.25, -0.2) is 0 Å². The monoisotopic (exact) mass is 559 g/mol. The lowest BCUT2D eigenvalue weighted by molar-refractivity contribution is -0.385. The SMILES string of the molecule is CN(Cc1ccccc1)C(=O)c1cc(N2CCN(C(=O)c3cc(-c4ccc(Cl)cc4)no3)CC2)ccc1[N+](=O)[O-]. The maximum Gasteiger partial charge on any atom is 0.292 e. The van der Waals surface area contributed by atoms with Crippen molar-refractivity contribution in [3.8, 4) is 11.3 Å². The van der Waals surface area contributed by atoms with Crippen LogP contribution in [-0.4, -0.2) is 64.9 Å². The van der Waals surface area contributed by atoms with E-state index >= 15 is 0 Å². The molecule has 0 saturated carbocycles. The van der Waals surface area contributed by atoms with Gasteiger partial charge in [0.15, 0.2) is 0 Å². The summed E-state index contributed by atoms with van der Waals surface area (Å²) in [5, 5.41) is 16.3. The van der Waals surface area contributed by atoms with E-state index in [9.17, 15) is 19.7 Å². The van der Waals surface area contributed by atoms with Gasteiger partial charge in [-0.1, -0.05) is 59.2 Å². The van der Waals surface area contributed by atoms with E-state index in [1.165, 1.54) is 11.0 Å². The third kappa shape index (κ3) is 5.81. The minimum atomic E-state index is -0.542. The molecule has 2 amide bonds. The second-order valence-corrected chi connectivity index (χ2v) is 9.90. The molecule has 0 bridgehead atoms. The van der Waals surface area contributed by atoms with E-state index < -0.39 is 10.8 Å². The predicted octanol–water partition coefficient (Wildman–Crippen LogP) is 5.14. The zero-order valence-electron chi connectivity index (χ0n) is 21.7. The molecule has 0 atom stereocenters. The fourth-order valence-electron chi connectivity index (χ4n) is 4.64. The van der Waals surface area contributed by atoms with Crippen LogP contribution in [0.15, 0.2) is 83.4 Å². The van der Waals surface area contributed by atoms with Gasteiger partial charge in [0.1, 0.15) is 11.3 Å². The van der Waals surface area contributed by atoms with Crippen LogP contribution in [0.1, 0.15) is 26.5 Å². The number of halogens is 1. The predicted molar refractivity (Wildman–Crippen MR) is 150 cm³/mol. The fraction of sp³-hybridized carbons (Fsp3) is 0.207. The molecule has 40 heavy (non-hydrogen) atoms. The average Bonchev–Trinajstić information content (AvgIpc) is 3.47. The van der Waals surface area contributed by atoms with Crippen molar-refractivity contribution >= 4 is 34.8 Å². The number of nitro benzene ring substituents is 1. The van der Waals surface area contributed by atoms with Gasteiger partial charge in [-0.15, -0.1) is 0 Å². The number of benzene rings is 3. The zero-order valence-corrected chi connectivity index (χ0v) is 22.5. The molecule has 2 heterocycles. The van der Waals surface area contributed by atoms with E-state index in [4.69, 9.17) is 16.1 Å². The zero-order chi connectivity index (χ0) is 28.2. The number of carbonyl (C=O) groups is 2. The smallest absolute Gasteiger partial charge is 0.292 e. The van der Waals surface area contributed by atoms with Crippen LogP contribution in [0, 0.1) is 10.1 Å². The van der Waals surface area contributed by atoms with E-state index in [0.717, 1.165) is 11.1 Å². The van der Waals surface area contributed by atoms with E-state index in [1.54, 1.807) is 54.4 Å². The molecular formula is C29H26ClN5O5. The van der Waals surface area contributed by atoms with Crippen LogP contribution in [0.3, 0.4) is 0 Å². The number of rotatable bonds is 7. The molecule has 1 aliphatic rings. The molecule has 204 valence electrons. The van der Waals surface area contributed by atoms with E-state index in [2.05, 4.69) is 5.16 Å². The lowest BCUT2D eigenvalue weighted by atomic mass is 10.1. The summed E-state index contributed by atoms with van der Waals surface area (Å²) in [5.41, 5.74) is 2.71. The van der Waals surface area contributed by atoms with Crippen LogP contribution in [-0.2, 0) is 6.54 Å². The van der Waals surface area contributed by atoms with Crippen LogP contribution in [0.4, 0.5) is 11.4 Å². The van der Waals surface area contributed by atoms with Crippen LogP contribution in [0.5, 0.6) is 0 Å². The molecule has 1 saturated heterocycles. The standard InChI is InChI=1S/C29H26ClN5O5/c1-32(19-20-5-3-2-4-6-20)28(36)24-17-23(11-12-26(24)35(38)39)33-13-15-34(16-14-33)29(37)27-18-25(31-40-27)21-7-9-22(30)10-8-21/h2-12,17-18H,13-16,19H2,1H3. The normalized spacial score (nSPS) is 13.2. The van der Waals surface area contributed by atoms with Crippen molar-refractivity contribution in [2.45, 2.75) is 6.54 Å². The second-order valence-electron chi connectivity index (χ2n) is 9.47. The number of aromatic nitrogens is 1. The summed E-state index contributed by atoms with van der Waals surface area (Å²) in [4.78, 5) is 42.6. The first-order valence-corrected chi connectivity index (χ1v) is 13.0. The molecule has 11 heteroatoms. The second kappa shape index (κ2) is 11.6. The summed E-state index contributed by atoms with van der Waals surface area (Å²) in [5.74, 6) is -0.564. The van der Waals surface area contributed by atoms with Gasteiger partial charge in [-0.3, -0.25) is 19.7 Å². The third-order valence-electron chi connectivity index (χ3n) is 6.81. The number of hydrogen-bond donors (Lipinski definition) is 0. The van der Waals surface area contributed by atoms with Crippen molar-refractivity contribution in [1.29, 1.82) is 0 Å². The highest BCUT2D eigenvalue weighted by Crippen LogP contribution is 2.28. The van der Waals surface area contributed by atoms with E-state index in [-0.39, 0.29) is 22.9 Å². The largest absolute Gasteiger partial charge is 0.368 e. The number of nitro groups is 1. The van der Waals surface area contributed by atoms with Crippen LogP contribution in [0.2, 0.25) is 5.02 Å². The Labute approximate surface area is 235 Å². The third-order valence-corrected chi connectivity index (χ3v) is 7.06. The Kier molecular flexibility index (Phi) is 7.79. The first-order valence-electron chi connectivity index (χ1n) is 12.6. The molecule has 1 aliphatic heterocycles. The highest BCUT2D eigenvalue weighted by atomic mass is 35.5. The number of piperazine rings is 1. The molecule has 0 N–H and O–H groups in total. The van der Waals surface area contributed by atoms with Crippen LogP contribution < -0.4 is 4.90 Å². The van der Waals surface area contributed by atoms with Gasteiger partial charge in [0.2, 0.25) is 5.76 Å². The number of amides is 2. The highest BCUT2D eigenvalue weighted by molar-refractivity contribution is 6.30. The van der Waals surface area contributed by atoms with Gasteiger partial charge >= 0.3 is 0 Å². The van der Waals surface area contributed by atoms with Crippen LogP contribution in [0.25, 0.3) is 11.3 Å². The van der Waals surface area contributed by atoms with Gasteiger partial charge < -0.3 is 19.2 Å². The molecule has 3 aromatic carbocycles. The maximum atomic E-state index is 13.3. The van der Waals surface area contributed by atoms with E-state index in [0.29, 0.717) is 49.1 Å². The minimum Gasteiger partial charge on any atom is -0.368 e. The first kappa shape index (κ1) is 26.9. The van der Waals surface area contributed by atoms with Crippen molar-refractivity contribution in [3.05, 3.63) is 111 Å². The maximum absolute atomic E-state index is 13.3. The van der Waals surface area contributed by atoms with Crippen molar-refractivity contribution in [2.75, 3.05) is 38.1 Å². The molecule has 10 nitrogen and oxygen atoms in total. The summed E-state index contributed by atoms with van der Waals surface area (Å²) in [6.45, 7) is 2.10. The first-order chi connectivity index (χ1) is 19.3. The molecule has 0 spiro atoms. The van der Waals surface area contributed by atoms with E-state index in [1.807, 2.05) is 35.2 Å². The number of anilines is 1. The molecule has 0 aliphatic carbocycles. The number of nitrogens with zero attached hydrogens (tertiary/aromatic N) is 5. The lowest BCUT2D eigenvalue weighted by Crippen LogP contribution is -2.48. The Morgan fingerprint density at radius 3 is 2.38 bits per heavy atom.